The Bertz CT molecular complexity index is 366. The van der Waals surface area contributed by atoms with E-state index in [1.54, 1.807) is 6.08 Å². The summed E-state index contributed by atoms with van der Waals surface area (Å²) in [7, 11) is -2.40. The third-order valence-corrected chi connectivity index (χ3v) is 4.92. The summed E-state index contributed by atoms with van der Waals surface area (Å²) in [4.78, 5) is 19.5. The van der Waals surface area contributed by atoms with Crippen LogP contribution in [0.5, 0.6) is 0 Å². The van der Waals surface area contributed by atoms with E-state index in [0.717, 1.165) is 31.6 Å². The van der Waals surface area contributed by atoms with Crippen LogP contribution in [0.2, 0.25) is 0 Å². The van der Waals surface area contributed by atoms with E-state index in [1.807, 2.05) is 0 Å². The minimum Gasteiger partial charge on any atom is -0.478 e. The van der Waals surface area contributed by atoms with Gasteiger partial charge >= 0.3 is 14.0 Å². The smallest absolute Gasteiger partial charge is 0.478 e. The molecule has 5 heteroatoms. The molecule has 2 aliphatic rings. The molecule has 0 heterocycles. The first-order chi connectivity index (χ1) is 9.99. The third kappa shape index (κ3) is 8.33. The van der Waals surface area contributed by atoms with Gasteiger partial charge in [-0.2, -0.15) is 4.89 Å². The molecule has 0 aliphatic heterocycles. The van der Waals surface area contributed by atoms with Gasteiger partial charge in [-0.05, 0) is 29.2 Å². The fourth-order valence-corrected chi connectivity index (χ4v) is 3.58. The normalized spacial score (nSPS) is 21.6. The molecule has 2 aliphatic carbocycles. The summed E-state index contributed by atoms with van der Waals surface area (Å²) >= 11 is 0. The van der Waals surface area contributed by atoms with Crippen LogP contribution in [0.3, 0.4) is 0 Å². The lowest BCUT2D eigenvalue weighted by molar-refractivity contribution is -0.132. The average Bonchev–Trinajstić information content (AvgIpc) is 2.90. The van der Waals surface area contributed by atoms with E-state index in [4.69, 9.17) is 10.00 Å². The van der Waals surface area contributed by atoms with Crippen molar-refractivity contribution in [3.8, 4) is 0 Å². The largest absolute Gasteiger partial charge is 0.510 e. The number of carbonyl (C=O) groups is 1. The fourth-order valence-electron chi connectivity index (χ4n) is 3.05. The standard InChI is InChI=1S/C10H15O4P.C6H12/c11-10(12)9(7-15(13)14)6-8-4-2-1-3-5-8;1-6-4-2-3-5-6/h6,8H,1-5,7H2,(H-,11,12,13,14);6H,2-5H2,1H3/p+1. The minimum absolute atomic E-state index is 0.0884. The van der Waals surface area contributed by atoms with Crippen LogP contribution in [0.15, 0.2) is 11.6 Å². The number of carboxylic acids is 1. The lowest BCUT2D eigenvalue weighted by Crippen LogP contribution is -2.09. The molecular formula is C16H28O4P+. The van der Waals surface area contributed by atoms with E-state index in [2.05, 4.69) is 6.92 Å². The van der Waals surface area contributed by atoms with Gasteiger partial charge in [-0.25, -0.2) is 4.79 Å². The van der Waals surface area contributed by atoms with Crippen LogP contribution in [0.4, 0.5) is 0 Å². The molecule has 120 valence electrons. The van der Waals surface area contributed by atoms with Crippen LogP contribution < -0.4 is 0 Å². The minimum atomic E-state index is -2.40. The van der Waals surface area contributed by atoms with Gasteiger partial charge in [-0.1, -0.05) is 57.9 Å². The summed E-state index contributed by atoms with van der Waals surface area (Å²) in [6, 6.07) is 0. The van der Waals surface area contributed by atoms with Crippen molar-refractivity contribution >= 4 is 14.0 Å². The van der Waals surface area contributed by atoms with Gasteiger partial charge in [0, 0.05) is 0 Å². The molecule has 4 nitrogen and oxygen atoms in total. The SMILES string of the molecule is CC1CCCC1.O=C(O)C(=CC1CCCCC1)C[P+](=O)O. The van der Waals surface area contributed by atoms with Crippen LogP contribution in [0, 0.1) is 11.8 Å². The zero-order valence-electron chi connectivity index (χ0n) is 13.0. The van der Waals surface area contributed by atoms with Crippen LogP contribution >= 0.6 is 8.03 Å². The van der Waals surface area contributed by atoms with Gasteiger partial charge in [0.05, 0.1) is 5.57 Å². The highest BCUT2D eigenvalue weighted by atomic mass is 31.1. The van der Waals surface area contributed by atoms with E-state index in [9.17, 15) is 9.36 Å². The summed E-state index contributed by atoms with van der Waals surface area (Å²) < 4.78 is 10.6. The molecule has 0 spiro atoms. The van der Waals surface area contributed by atoms with Gasteiger partial charge in [0.15, 0.2) is 0 Å². The van der Waals surface area contributed by atoms with Crippen molar-refractivity contribution in [3.63, 3.8) is 0 Å². The second-order valence-corrected chi connectivity index (χ2v) is 7.32. The third-order valence-electron chi connectivity index (χ3n) is 4.31. The predicted octanol–water partition coefficient (Wildman–Crippen LogP) is 4.51. The zero-order valence-corrected chi connectivity index (χ0v) is 13.9. The second kappa shape index (κ2) is 10.1. The maximum absolute atomic E-state index is 10.8. The predicted molar refractivity (Wildman–Crippen MR) is 84.6 cm³/mol. The van der Waals surface area contributed by atoms with Crippen molar-refractivity contribution in [2.24, 2.45) is 11.8 Å². The highest BCUT2D eigenvalue weighted by Gasteiger charge is 2.22. The molecule has 21 heavy (non-hydrogen) atoms. The molecule has 2 rings (SSSR count). The lowest BCUT2D eigenvalue weighted by atomic mass is 9.88. The maximum Gasteiger partial charge on any atom is 0.510 e. The van der Waals surface area contributed by atoms with Crippen molar-refractivity contribution in [3.05, 3.63) is 11.6 Å². The lowest BCUT2D eigenvalue weighted by Gasteiger charge is -2.18. The molecule has 0 aromatic heterocycles. The Kier molecular flexibility index (Phi) is 8.79. The number of hydrogen-bond acceptors (Lipinski definition) is 2. The Morgan fingerprint density at radius 2 is 1.62 bits per heavy atom. The van der Waals surface area contributed by atoms with E-state index in [-0.39, 0.29) is 17.7 Å². The first kappa shape index (κ1) is 18.3. The second-order valence-electron chi connectivity index (χ2n) is 6.30. The van der Waals surface area contributed by atoms with Crippen LogP contribution in [0.1, 0.15) is 64.7 Å². The monoisotopic (exact) mass is 315 g/mol. The molecule has 0 amide bonds. The van der Waals surface area contributed by atoms with Gasteiger partial charge < -0.3 is 5.11 Å². The van der Waals surface area contributed by atoms with E-state index < -0.39 is 14.0 Å². The van der Waals surface area contributed by atoms with Gasteiger partial charge in [-0.3, -0.25) is 0 Å². The molecule has 1 atom stereocenters. The van der Waals surface area contributed by atoms with Crippen molar-refractivity contribution in [1.82, 2.24) is 0 Å². The number of rotatable bonds is 4. The molecule has 2 saturated carbocycles. The number of hydrogen-bond donors (Lipinski definition) is 2. The Morgan fingerprint density at radius 3 is 2.00 bits per heavy atom. The highest BCUT2D eigenvalue weighted by molar-refractivity contribution is 7.38. The van der Waals surface area contributed by atoms with Crippen molar-refractivity contribution in [1.29, 1.82) is 0 Å². The Morgan fingerprint density at radius 1 is 1.10 bits per heavy atom. The van der Waals surface area contributed by atoms with Crippen LogP contribution in [-0.2, 0) is 9.36 Å². The Labute approximate surface area is 128 Å². The topological polar surface area (TPSA) is 74.6 Å². The molecular weight excluding hydrogens is 287 g/mol. The fraction of sp³-hybridized carbons (Fsp3) is 0.812. The first-order valence-corrected chi connectivity index (χ1v) is 9.46. The van der Waals surface area contributed by atoms with E-state index >= 15 is 0 Å². The number of carboxylic acid groups (broad SMARTS) is 1. The van der Waals surface area contributed by atoms with Crippen molar-refractivity contribution in [2.45, 2.75) is 64.7 Å². The Hall–Kier alpha value is -0.730. The molecule has 0 aromatic carbocycles. The first-order valence-electron chi connectivity index (χ1n) is 8.06. The Balaban J connectivity index is 0.000000304. The van der Waals surface area contributed by atoms with Gasteiger partial charge in [0.25, 0.3) is 0 Å². The van der Waals surface area contributed by atoms with E-state index in [1.165, 1.54) is 32.1 Å². The molecule has 0 aromatic rings. The molecule has 2 fully saturated rings. The summed E-state index contributed by atoms with van der Waals surface area (Å²) in [6.07, 6.45) is 12.8. The van der Waals surface area contributed by atoms with Crippen molar-refractivity contribution < 1.29 is 19.4 Å². The van der Waals surface area contributed by atoms with Crippen LogP contribution in [-0.4, -0.2) is 22.1 Å². The number of aliphatic carboxylic acids is 1. The number of allylic oxidation sites excluding steroid dienone is 1. The molecule has 0 radical (unpaired) electrons. The van der Waals surface area contributed by atoms with Crippen molar-refractivity contribution in [2.75, 3.05) is 6.16 Å². The van der Waals surface area contributed by atoms with Gasteiger partial charge in [-0.15, -0.1) is 0 Å². The van der Waals surface area contributed by atoms with Crippen LogP contribution in [0.25, 0.3) is 0 Å². The maximum atomic E-state index is 10.8. The summed E-state index contributed by atoms with van der Waals surface area (Å²) in [5, 5.41) is 8.84. The molecule has 2 N–H and O–H groups in total. The summed E-state index contributed by atoms with van der Waals surface area (Å²) in [5.74, 6) is 0.253. The summed E-state index contributed by atoms with van der Waals surface area (Å²) in [5.41, 5.74) is 0.0884. The van der Waals surface area contributed by atoms with Gasteiger partial charge in [0.2, 0.25) is 6.16 Å². The molecule has 0 bridgehead atoms. The molecule has 1 unspecified atom stereocenters. The molecule has 0 saturated heterocycles. The van der Waals surface area contributed by atoms with E-state index in [0.29, 0.717) is 0 Å². The van der Waals surface area contributed by atoms with Gasteiger partial charge in [0.1, 0.15) is 0 Å². The zero-order chi connectivity index (χ0) is 15.7. The highest BCUT2D eigenvalue weighted by Crippen LogP contribution is 2.27. The summed E-state index contributed by atoms with van der Waals surface area (Å²) in [6.45, 7) is 2.34. The quantitative estimate of drug-likeness (QED) is 0.591. The average molecular weight is 315 g/mol.